The van der Waals surface area contributed by atoms with Gasteiger partial charge in [-0.05, 0) is 75.9 Å². The molecule has 0 unspecified atom stereocenters. The number of nitrogens with two attached hydrogens (primary N) is 1. The Kier molecular flexibility index (Phi) is 13.8. The Balaban J connectivity index is 0.000000542. The number of carbonyl (C=O) groups is 1. The predicted molar refractivity (Wildman–Crippen MR) is 146 cm³/mol. The Labute approximate surface area is 211 Å². The summed E-state index contributed by atoms with van der Waals surface area (Å²) in [5.74, 6) is 0.911. The second kappa shape index (κ2) is 14.8. The number of halogens is 1. The average molecular weight is 538 g/mol. The number of hydrogen-bond acceptors (Lipinski definition) is 6. The summed E-state index contributed by atoms with van der Waals surface area (Å²) in [5, 5.41) is 10.6. The lowest BCUT2D eigenvalue weighted by Crippen LogP contribution is -2.05. The van der Waals surface area contributed by atoms with Gasteiger partial charge in [-0.15, -0.1) is 11.3 Å². The van der Waals surface area contributed by atoms with Gasteiger partial charge >= 0.3 is 0 Å². The fourth-order valence-corrected chi connectivity index (χ4v) is 4.37. The van der Waals surface area contributed by atoms with E-state index in [0.29, 0.717) is 10.5 Å². The molecule has 0 radical (unpaired) electrons. The van der Waals surface area contributed by atoms with Gasteiger partial charge in [-0.25, -0.2) is 4.98 Å². The normalized spacial score (nSPS) is 9.61. The number of ether oxygens (including phenoxy) is 1. The number of rotatable bonds is 4. The smallest absolute Gasteiger partial charge is 0.180 e. The topological polar surface area (TPSA) is 85.4 Å². The Hall–Kier alpha value is -2.22. The number of nitrogens with zero attached hydrogens (tertiary/aromatic N) is 1. The van der Waals surface area contributed by atoms with E-state index < -0.39 is 0 Å². The molecule has 0 fully saturated rings. The molecule has 3 N–H and O–H groups in total. The maximum atomic E-state index is 11.6. The lowest BCUT2D eigenvalue weighted by atomic mass is 9.98. The first-order valence-corrected chi connectivity index (χ1v) is 12.2. The van der Waals surface area contributed by atoms with E-state index in [9.17, 15) is 4.79 Å². The van der Waals surface area contributed by atoms with E-state index >= 15 is 0 Å². The highest BCUT2D eigenvalue weighted by Gasteiger charge is 2.12. The maximum Gasteiger partial charge on any atom is 0.180 e. The van der Waals surface area contributed by atoms with Crippen LogP contribution in [0, 0.1) is 34.6 Å². The molecule has 33 heavy (non-hydrogen) atoms. The van der Waals surface area contributed by atoms with Crippen LogP contribution < -0.4 is 10.5 Å². The van der Waals surface area contributed by atoms with Gasteiger partial charge in [0, 0.05) is 23.1 Å². The van der Waals surface area contributed by atoms with Gasteiger partial charge in [0.05, 0.1) is 18.1 Å². The van der Waals surface area contributed by atoms with Crippen LogP contribution in [-0.2, 0) is 0 Å². The number of carbonyl (C=O) groups excluding carboxylic acids is 1. The number of thiazole rings is 1. The van der Waals surface area contributed by atoms with Crippen molar-refractivity contribution in [3.63, 3.8) is 0 Å². The largest absolute Gasteiger partial charge is 0.497 e. The van der Waals surface area contributed by atoms with E-state index in [4.69, 9.17) is 15.6 Å². The number of aliphatic hydroxyl groups is 1. The lowest BCUT2D eigenvalue weighted by Gasteiger charge is -2.09. The summed E-state index contributed by atoms with van der Waals surface area (Å²) in [5.41, 5.74) is 14.4. The second-order valence-electron chi connectivity index (χ2n) is 7.35. The minimum absolute atomic E-state index is 0. The molecule has 5 nitrogen and oxygen atoms in total. The van der Waals surface area contributed by atoms with Crippen LogP contribution in [0.3, 0.4) is 0 Å². The Morgan fingerprint density at radius 2 is 1.55 bits per heavy atom. The Morgan fingerprint density at radius 1 is 1.06 bits per heavy atom. The van der Waals surface area contributed by atoms with Crippen LogP contribution in [-0.4, -0.2) is 34.9 Å². The SMILES string of the molecule is C.CCO.COc1cc(C)c(C(=O)CBr)c(C)c1.Cc1cc(C)c(-c2csc(N)n2)c(C)c1. The Morgan fingerprint density at radius 3 is 1.91 bits per heavy atom. The van der Waals surface area contributed by atoms with Crippen LogP contribution in [0.4, 0.5) is 5.13 Å². The number of nitrogen functional groups attached to an aromatic ring is 1. The molecule has 0 saturated carbocycles. The highest BCUT2D eigenvalue weighted by molar-refractivity contribution is 9.09. The van der Waals surface area contributed by atoms with Crippen LogP contribution in [0.15, 0.2) is 29.6 Å². The van der Waals surface area contributed by atoms with Gasteiger partial charge < -0.3 is 15.6 Å². The number of Topliss-reactive ketones (excluding diaryl/α,β-unsaturated/α-hetero) is 1. The van der Waals surface area contributed by atoms with E-state index in [1.165, 1.54) is 33.6 Å². The maximum absolute atomic E-state index is 11.6. The summed E-state index contributed by atoms with van der Waals surface area (Å²) in [4.78, 5) is 15.9. The number of aliphatic hydroxyl groups excluding tert-OH is 1. The third-order valence-corrected chi connectivity index (χ3v) is 5.78. The molecule has 7 heteroatoms. The van der Waals surface area contributed by atoms with E-state index in [1.807, 2.05) is 31.4 Å². The summed E-state index contributed by atoms with van der Waals surface area (Å²) in [6.45, 7) is 12.1. The van der Waals surface area contributed by atoms with Gasteiger partial charge in [-0.1, -0.05) is 41.1 Å². The number of aromatic nitrogens is 1. The molecule has 0 aliphatic heterocycles. The van der Waals surface area contributed by atoms with E-state index in [-0.39, 0.29) is 19.8 Å². The number of benzene rings is 2. The molecule has 0 aliphatic carbocycles. The number of anilines is 1. The van der Waals surface area contributed by atoms with Crippen LogP contribution in [0.1, 0.15) is 52.5 Å². The van der Waals surface area contributed by atoms with Crippen molar-refractivity contribution in [3.8, 4) is 17.0 Å². The predicted octanol–water partition coefficient (Wildman–Crippen LogP) is 6.84. The number of alkyl halides is 1. The third-order valence-electron chi connectivity index (χ3n) is 4.60. The minimum atomic E-state index is 0. The van der Waals surface area contributed by atoms with E-state index in [1.54, 1.807) is 14.0 Å². The first-order chi connectivity index (χ1) is 15.1. The minimum Gasteiger partial charge on any atom is -0.497 e. The van der Waals surface area contributed by atoms with Crippen LogP contribution in [0.2, 0.25) is 0 Å². The van der Waals surface area contributed by atoms with Crippen molar-refractivity contribution in [2.24, 2.45) is 0 Å². The van der Waals surface area contributed by atoms with Crippen molar-refractivity contribution >= 4 is 38.2 Å². The van der Waals surface area contributed by atoms with Crippen LogP contribution >= 0.6 is 27.3 Å². The number of ketones is 1. The lowest BCUT2D eigenvalue weighted by molar-refractivity contribution is 0.102. The summed E-state index contributed by atoms with van der Waals surface area (Å²) in [7, 11) is 1.63. The third kappa shape index (κ3) is 8.91. The molecule has 1 heterocycles. The van der Waals surface area contributed by atoms with Crippen LogP contribution in [0.25, 0.3) is 11.3 Å². The molecule has 0 bridgehead atoms. The van der Waals surface area contributed by atoms with Crippen molar-refractivity contribution in [3.05, 3.63) is 63.0 Å². The van der Waals surface area contributed by atoms with Gasteiger partial charge in [0.2, 0.25) is 0 Å². The molecule has 3 aromatic rings. The highest BCUT2D eigenvalue weighted by Crippen LogP contribution is 2.30. The molecule has 0 atom stereocenters. The summed E-state index contributed by atoms with van der Waals surface area (Å²) in [6, 6.07) is 8.11. The van der Waals surface area contributed by atoms with Crippen molar-refractivity contribution < 1.29 is 14.6 Å². The van der Waals surface area contributed by atoms with Crippen molar-refractivity contribution in [1.29, 1.82) is 0 Å². The summed E-state index contributed by atoms with van der Waals surface area (Å²) in [6.07, 6.45) is 0. The van der Waals surface area contributed by atoms with Crippen molar-refractivity contribution in [1.82, 2.24) is 4.98 Å². The molecule has 1 aromatic heterocycles. The monoisotopic (exact) mass is 536 g/mol. The fourth-order valence-electron chi connectivity index (χ4n) is 3.53. The van der Waals surface area contributed by atoms with Gasteiger partial charge in [-0.3, -0.25) is 4.79 Å². The van der Waals surface area contributed by atoms with E-state index in [2.05, 4.69) is 53.8 Å². The van der Waals surface area contributed by atoms with Crippen molar-refractivity contribution in [2.45, 2.75) is 49.0 Å². The highest BCUT2D eigenvalue weighted by atomic mass is 79.9. The molecular weight excluding hydrogens is 500 g/mol. The van der Waals surface area contributed by atoms with Gasteiger partial charge in [0.15, 0.2) is 10.9 Å². The standard InChI is InChI=1S/C12H14N2S.C11H13BrO2.C2H6O.CH4/c1-7-4-8(2)11(9(3)5-7)10-6-15-12(13)14-10;1-7-4-9(14-3)5-8(2)11(7)10(13)6-12;1-2-3;/h4-6H,1-3H3,(H2,13,14);4-5H,6H2,1-3H3;3H,2H2,1H3;1H4. The molecule has 0 saturated heterocycles. The number of hydrogen-bond donors (Lipinski definition) is 2. The zero-order valence-corrected chi connectivity index (χ0v) is 22.3. The molecule has 2 aromatic carbocycles. The van der Waals surface area contributed by atoms with Gasteiger partial charge in [0.25, 0.3) is 0 Å². The molecule has 0 amide bonds. The molecule has 0 spiro atoms. The second-order valence-corrected chi connectivity index (χ2v) is 8.80. The van der Waals surface area contributed by atoms with Gasteiger partial charge in [0.1, 0.15) is 5.75 Å². The first kappa shape index (κ1) is 30.8. The van der Waals surface area contributed by atoms with Crippen molar-refractivity contribution in [2.75, 3.05) is 24.8 Å². The quantitative estimate of drug-likeness (QED) is 0.281. The summed E-state index contributed by atoms with van der Waals surface area (Å²) >= 11 is 4.66. The van der Waals surface area contributed by atoms with Crippen LogP contribution in [0.5, 0.6) is 5.75 Å². The zero-order chi connectivity index (χ0) is 24.4. The number of methoxy groups -OCH3 is 1. The van der Waals surface area contributed by atoms with Gasteiger partial charge in [-0.2, -0.15) is 0 Å². The molecular formula is C26H37BrN2O3S. The zero-order valence-electron chi connectivity index (χ0n) is 19.9. The first-order valence-electron chi connectivity index (χ1n) is 10.2. The number of aryl methyl sites for hydroxylation is 5. The molecule has 182 valence electrons. The average Bonchev–Trinajstić information content (AvgIpc) is 3.13. The fraction of sp³-hybridized carbons (Fsp3) is 0.385. The molecule has 0 aliphatic rings. The molecule has 3 rings (SSSR count). The Bertz CT molecular complexity index is 1000. The van der Waals surface area contributed by atoms with E-state index in [0.717, 1.165) is 28.1 Å². The summed E-state index contributed by atoms with van der Waals surface area (Å²) < 4.78 is 5.12.